The van der Waals surface area contributed by atoms with Crippen LogP contribution in [0.3, 0.4) is 0 Å². The highest BCUT2D eigenvalue weighted by molar-refractivity contribution is 9.10. The first-order valence-electron chi connectivity index (χ1n) is 13.5. The molecule has 10 heteroatoms. The van der Waals surface area contributed by atoms with Crippen molar-refractivity contribution in [1.82, 2.24) is 20.0 Å². The van der Waals surface area contributed by atoms with Gasteiger partial charge in [-0.1, -0.05) is 22.0 Å². The van der Waals surface area contributed by atoms with Crippen LogP contribution in [0.5, 0.6) is 0 Å². The number of nitrogens with one attached hydrogen (secondary N) is 1. The van der Waals surface area contributed by atoms with E-state index in [1.807, 2.05) is 46.2 Å². The Kier molecular flexibility index (Phi) is 6.71. The summed E-state index contributed by atoms with van der Waals surface area (Å²) in [4.78, 5) is 46.5. The number of benzene rings is 2. The fourth-order valence-electron chi connectivity index (χ4n) is 6.75. The van der Waals surface area contributed by atoms with Crippen molar-refractivity contribution in [1.29, 1.82) is 0 Å². The van der Waals surface area contributed by atoms with Crippen LogP contribution in [0.4, 0.5) is 5.69 Å². The van der Waals surface area contributed by atoms with E-state index in [0.717, 1.165) is 39.5 Å². The van der Waals surface area contributed by atoms with Gasteiger partial charge in [-0.3, -0.25) is 19.5 Å². The molecule has 0 saturated carbocycles. The molecule has 2 unspecified atom stereocenters. The summed E-state index contributed by atoms with van der Waals surface area (Å²) in [6.07, 6.45) is 4.53. The molecule has 39 heavy (non-hydrogen) atoms. The summed E-state index contributed by atoms with van der Waals surface area (Å²) in [5.41, 5.74) is 2.43. The Morgan fingerprint density at radius 2 is 1.97 bits per heavy atom. The molecule has 3 aliphatic rings. The summed E-state index contributed by atoms with van der Waals surface area (Å²) in [5.74, 6) is -0.162. The van der Waals surface area contributed by atoms with E-state index in [-0.39, 0.29) is 36.3 Å². The molecule has 0 aliphatic carbocycles. The Hall–Kier alpha value is -3.24. The van der Waals surface area contributed by atoms with Crippen molar-refractivity contribution in [3.8, 4) is 0 Å². The number of rotatable bonds is 5. The van der Waals surface area contributed by atoms with Crippen LogP contribution in [0.25, 0.3) is 10.9 Å². The van der Waals surface area contributed by atoms with Crippen LogP contribution in [0, 0.1) is 0 Å². The number of carbonyl (C=O) groups is 3. The van der Waals surface area contributed by atoms with E-state index < -0.39 is 5.41 Å². The minimum Gasteiger partial charge on any atom is -0.383 e. The molecule has 1 N–H and O–H groups in total. The Morgan fingerprint density at radius 3 is 2.74 bits per heavy atom. The normalized spacial score (nSPS) is 22.2. The van der Waals surface area contributed by atoms with E-state index in [4.69, 9.17) is 4.74 Å². The third-order valence-corrected chi connectivity index (χ3v) is 9.39. The fraction of sp³-hybridized carbons (Fsp3) is 0.448. The lowest BCUT2D eigenvalue weighted by atomic mass is 9.73. The molecule has 0 bridgehead atoms. The second-order valence-corrected chi connectivity index (χ2v) is 11.8. The molecule has 3 aromatic rings. The first-order valence-corrected chi connectivity index (χ1v) is 14.3. The van der Waals surface area contributed by atoms with Crippen LogP contribution in [0.2, 0.25) is 0 Å². The predicted molar refractivity (Wildman–Crippen MR) is 151 cm³/mol. The van der Waals surface area contributed by atoms with Gasteiger partial charge in [-0.05, 0) is 62.9 Å². The molecule has 2 atom stereocenters. The minimum atomic E-state index is -0.774. The summed E-state index contributed by atoms with van der Waals surface area (Å²) >= 11 is 3.70. The van der Waals surface area contributed by atoms with Gasteiger partial charge in [0.15, 0.2) is 0 Å². The number of amides is 3. The number of halogens is 1. The van der Waals surface area contributed by atoms with Crippen molar-refractivity contribution in [3.05, 3.63) is 58.2 Å². The van der Waals surface area contributed by atoms with Gasteiger partial charge < -0.3 is 19.4 Å². The average Bonchev–Trinajstić information content (AvgIpc) is 3.61. The van der Waals surface area contributed by atoms with Gasteiger partial charge in [0.05, 0.1) is 29.8 Å². The summed E-state index contributed by atoms with van der Waals surface area (Å²) < 4.78 is 6.23. The van der Waals surface area contributed by atoms with Crippen LogP contribution < -0.4 is 4.90 Å². The lowest BCUT2D eigenvalue weighted by Crippen LogP contribution is -2.52. The van der Waals surface area contributed by atoms with Crippen molar-refractivity contribution in [2.24, 2.45) is 0 Å². The van der Waals surface area contributed by atoms with E-state index in [1.54, 1.807) is 18.2 Å². The smallest absolute Gasteiger partial charge is 0.253 e. The molecule has 204 valence electrons. The maximum atomic E-state index is 14.2. The highest BCUT2D eigenvalue weighted by atomic mass is 79.9. The SMILES string of the molecule is COCC1CCC(C)N1C(=O)CN1C(=O)C2(CCN(C(=O)c3ccc4[nH]ncc4c3)CC2)c2c(Br)cccc21. The zero-order valence-electron chi connectivity index (χ0n) is 22.2. The van der Waals surface area contributed by atoms with E-state index in [2.05, 4.69) is 33.1 Å². The molecule has 2 saturated heterocycles. The second kappa shape index (κ2) is 10.1. The molecule has 1 aromatic heterocycles. The van der Waals surface area contributed by atoms with Crippen molar-refractivity contribution < 1.29 is 19.1 Å². The minimum absolute atomic E-state index is 0.00193. The van der Waals surface area contributed by atoms with Crippen LogP contribution in [-0.4, -0.2) is 83.2 Å². The average molecular weight is 595 g/mol. The molecule has 2 aromatic carbocycles. The van der Waals surface area contributed by atoms with Crippen molar-refractivity contribution in [2.75, 3.05) is 38.3 Å². The van der Waals surface area contributed by atoms with Gasteiger partial charge in [0.1, 0.15) is 6.54 Å². The van der Waals surface area contributed by atoms with E-state index in [9.17, 15) is 14.4 Å². The number of piperidine rings is 1. The molecule has 2 fully saturated rings. The molecule has 9 nitrogen and oxygen atoms in total. The van der Waals surface area contributed by atoms with Gasteiger partial charge in [-0.2, -0.15) is 5.10 Å². The quantitative estimate of drug-likeness (QED) is 0.484. The highest BCUT2D eigenvalue weighted by Gasteiger charge is 2.54. The number of methoxy groups -OCH3 is 1. The number of likely N-dealkylation sites (tertiary alicyclic amines) is 2. The Bertz CT molecular complexity index is 1440. The number of ether oxygens (including phenoxy) is 1. The van der Waals surface area contributed by atoms with Gasteiger partial charge in [0, 0.05) is 52.9 Å². The Balaban J connectivity index is 1.24. The standard InChI is InChI=1S/C29H32BrN5O4/c1-18-6-8-21(17-39-2)35(18)25(36)16-34-24-5-3-4-22(30)26(24)29(28(34)38)10-12-33(13-11-29)27(37)19-7-9-23-20(14-19)15-31-32-23/h3-5,7,9,14-15,18,21H,6,8,10-13,16-17H2,1-2H3,(H,31,32). The number of nitrogens with zero attached hydrogens (tertiary/aromatic N) is 4. The molecule has 0 radical (unpaired) electrons. The number of carbonyl (C=O) groups excluding carboxylic acids is 3. The highest BCUT2D eigenvalue weighted by Crippen LogP contribution is 2.51. The Morgan fingerprint density at radius 1 is 1.18 bits per heavy atom. The number of hydrogen-bond donors (Lipinski definition) is 1. The van der Waals surface area contributed by atoms with Crippen molar-refractivity contribution in [3.63, 3.8) is 0 Å². The molecule has 3 aliphatic heterocycles. The number of fused-ring (bicyclic) bond motifs is 3. The lowest BCUT2D eigenvalue weighted by Gasteiger charge is -2.39. The topological polar surface area (TPSA) is 98.8 Å². The zero-order valence-corrected chi connectivity index (χ0v) is 23.7. The van der Waals surface area contributed by atoms with E-state index in [0.29, 0.717) is 38.1 Å². The largest absolute Gasteiger partial charge is 0.383 e. The van der Waals surface area contributed by atoms with E-state index >= 15 is 0 Å². The van der Waals surface area contributed by atoms with Crippen LogP contribution in [-0.2, 0) is 19.7 Å². The first-order chi connectivity index (χ1) is 18.8. The zero-order chi connectivity index (χ0) is 27.3. The molecular weight excluding hydrogens is 562 g/mol. The number of H-pyrrole nitrogens is 1. The van der Waals surface area contributed by atoms with Gasteiger partial charge in [-0.15, -0.1) is 0 Å². The number of aromatic nitrogens is 2. The molecule has 4 heterocycles. The summed E-state index contributed by atoms with van der Waals surface area (Å²) in [6.45, 7) is 3.46. The molecule has 6 rings (SSSR count). The lowest BCUT2D eigenvalue weighted by molar-refractivity contribution is -0.135. The maximum Gasteiger partial charge on any atom is 0.253 e. The predicted octanol–water partition coefficient (Wildman–Crippen LogP) is 3.87. The van der Waals surface area contributed by atoms with Gasteiger partial charge in [0.2, 0.25) is 11.8 Å². The summed E-state index contributed by atoms with van der Waals surface area (Å²) in [5, 5.41) is 7.84. The summed E-state index contributed by atoms with van der Waals surface area (Å²) in [6, 6.07) is 11.5. The molecule has 3 amide bonds. The maximum absolute atomic E-state index is 14.2. The number of hydrogen-bond acceptors (Lipinski definition) is 5. The fourth-order valence-corrected chi connectivity index (χ4v) is 7.49. The van der Waals surface area contributed by atoms with Gasteiger partial charge in [-0.25, -0.2) is 0 Å². The van der Waals surface area contributed by atoms with E-state index in [1.165, 1.54) is 0 Å². The third kappa shape index (κ3) is 4.24. The number of anilines is 1. The van der Waals surface area contributed by atoms with Crippen LogP contribution >= 0.6 is 15.9 Å². The van der Waals surface area contributed by atoms with Crippen LogP contribution in [0.1, 0.15) is 48.5 Å². The number of aromatic amines is 1. The summed E-state index contributed by atoms with van der Waals surface area (Å²) in [7, 11) is 1.65. The molecular formula is C29H32BrN5O4. The Labute approximate surface area is 235 Å². The van der Waals surface area contributed by atoms with Crippen molar-refractivity contribution in [2.45, 2.75) is 50.1 Å². The monoisotopic (exact) mass is 593 g/mol. The second-order valence-electron chi connectivity index (χ2n) is 10.9. The first kappa shape index (κ1) is 26.0. The van der Waals surface area contributed by atoms with Gasteiger partial charge >= 0.3 is 0 Å². The third-order valence-electron chi connectivity index (χ3n) is 8.73. The molecule has 1 spiro atoms. The van der Waals surface area contributed by atoms with Crippen molar-refractivity contribution >= 4 is 50.2 Å². The van der Waals surface area contributed by atoms with Crippen LogP contribution in [0.15, 0.2) is 47.1 Å². The van der Waals surface area contributed by atoms with Gasteiger partial charge in [0.25, 0.3) is 5.91 Å².